The van der Waals surface area contributed by atoms with Gasteiger partial charge in [0.05, 0.1) is 0 Å². The lowest BCUT2D eigenvalue weighted by Gasteiger charge is -2.37. The van der Waals surface area contributed by atoms with Crippen molar-refractivity contribution in [2.24, 2.45) is 5.41 Å². The molecule has 1 aromatic heterocycles. The summed E-state index contributed by atoms with van der Waals surface area (Å²) in [6.07, 6.45) is -4.40. The van der Waals surface area contributed by atoms with E-state index in [1.54, 1.807) is 9.80 Å². The molecule has 1 amide bonds. The summed E-state index contributed by atoms with van der Waals surface area (Å²) in [6.45, 7) is 7.61. The zero-order valence-corrected chi connectivity index (χ0v) is 13.0. The van der Waals surface area contributed by atoms with E-state index >= 15 is 0 Å². The highest BCUT2D eigenvalue weighted by Crippen LogP contribution is 2.33. The number of hydrogen-bond donors (Lipinski definition) is 0. The number of amides is 1. The highest BCUT2D eigenvalue weighted by Gasteiger charge is 2.35. The van der Waals surface area contributed by atoms with Gasteiger partial charge in [-0.2, -0.15) is 13.2 Å². The second-order valence-corrected chi connectivity index (χ2v) is 6.88. The molecule has 21 heavy (non-hydrogen) atoms. The second kappa shape index (κ2) is 5.47. The molecule has 0 spiro atoms. The fourth-order valence-corrected chi connectivity index (χ4v) is 3.00. The largest absolute Gasteiger partial charge is 0.434 e. The topological polar surface area (TPSA) is 36.4 Å². The summed E-state index contributed by atoms with van der Waals surface area (Å²) in [6, 6.07) is 0. The molecule has 0 unspecified atom stereocenters. The number of carbonyl (C=O) groups is 1. The number of thiazole rings is 1. The number of nitrogens with zero attached hydrogens (tertiary/aromatic N) is 3. The number of alkyl halides is 3. The smallest absolute Gasteiger partial charge is 0.345 e. The van der Waals surface area contributed by atoms with Crippen LogP contribution in [0.5, 0.6) is 0 Å². The van der Waals surface area contributed by atoms with Crippen LogP contribution in [0, 0.1) is 5.41 Å². The number of anilines is 1. The normalized spacial score (nSPS) is 17.2. The maximum absolute atomic E-state index is 12.5. The number of piperazine rings is 1. The molecule has 0 aliphatic carbocycles. The fourth-order valence-electron chi connectivity index (χ4n) is 2.11. The van der Waals surface area contributed by atoms with Gasteiger partial charge in [0.15, 0.2) is 10.8 Å². The third kappa shape index (κ3) is 3.66. The quantitative estimate of drug-likeness (QED) is 0.798. The molecule has 0 radical (unpaired) electrons. The molecular formula is C13H18F3N3OS. The predicted molar refractivity (Wildman–Crippen MR) is 75.4 cm³/mol. The van der Waals surface area contributed by atoms with Gasteiger partial charge in [0.1, 0.15) is 0 Å². The summed E-state index contributed by atoms with van der Waals surface area (Å²) in [4.78, 5) is 19.3. The first kappa shape index (κ1) is 16.1. The third-order valence-corrected chi connectivity index (χ3v) is 4.16. The van der Waals surface area contributed by atoms with Crippen molar-refractivity contribution in [1.29, 1.82) is 0 Å². The maximum Gasteiger partial charge on any atom is 0.434 e. The molecule has 2 heterocycles. The van der Waals surface area contributed by atoms with Gasteiger partial charge in [0, 0.05) is 37.0 Å². The minimum absolute atomic E-state index is 0.0669. The van der Waals surface area contributed by atoms with Crippen molar-refractivity contribution in [3.63, 3.8) is 0 Å². The van der Waals surface area contributed by atoms with Gasteiger partial charge in [0.2, 0.25) is 5.91 Å². The Labute approximate surface area is 125 Å². The number of carbonyl (C=O) groups excluding carboxylic acids is 1. The average Bonchev–Trinajstić information content (AvgIpc) is 2.86. The molecule has 8 heteroatoms. The fraction of sp³-hybridized carbons (Fsp3) is 0.692. The summed E-state index contributed by atoms with van der Waals surface area (Å²) in [5, 5.41) is 1.40. The highest BCUT2D eigenvalue weighted by molar-refractivity contribution is 7.13. The van der Waals surface area contributed by atoms with Crippen molar-refractivity contribution < 1.29 is 18.0 Å². The van der Waals surface area contributed by atoms with Crippen LogP contribution in [0.4, 0.5) is 18.3 Å². The van der Waals surface area contributed by atoms with Crippen molar-refractivity contribution in [2.75, 3.05) is 31.1 Å². The van der Waals surface area contributed by atoms with Crippen molar-refractivity contribution in [3.8, 4) is 0 Å². The Morgan fingerprint density at radius 3 is 2.19 bits per heavy atom. The van der Waals surface area contributed by atoms with Gasteiger partial charge < -0.3 is 9.80 Å². The maximum atomic E-state index is 12.5. The summed E-state index contributed by atoms with van der Waals surface area (Å²) in [5.74, 6) is 0.0669. The van der Waals surface area contributed by atoms with Crippen LogP contribution in [-0.2, 0) is 11.0 Å². The van der Waals surface area contributed by atoms with Crippen molar-refractivity contribution >= 4 is 22.4 Å². The average molecular weight is 321 g/mol. The Morgan fingerprint density at radius 2 is 1.76 bits per heavy atom. The third-order valence-electron chi connectivity index (χ3n) is 3.26. The van der Waals surface area contributed by atoms with Gasteiger partial charge in [-0.05, 0) is 0 Å². The van der Waals surface area contributed by atoms with E-state index in [2.05, 4.69) is 4.98 Å². The molecule has 1 aliphatic rings. The van der Waals surface area contributed by atoms with Gasteiger partial charge in [-0.15, -0.1) is 11.3 Å². The highest BCUT2D eigenvalue weighted by atomic mass is 32.1. The van der Waals surface area contributed by atoms with Crippen LogP contribution in [0.15, 0.2) is 5.38 Å². The van der Waals surface area contributed by atoms with Crippen LogP contribution in [0.3, 0.4) is 0 Å². The second-order valence-electron chi connectivity index (χ2n) is 6.04. The van der Waals surface area contributed by atoms with E-state index < -0.39 is 17.3 Å². The van der Waals surface area contributed by atoms with Crippen LogP contribution in [-0.4, -0.2) is 42.0 Å². The van der Waals surface area contributed by atoms with E-state index in [9.17, 15) is 18.0 Å². The van der Waals surface area contributed by atoms with Crippen LogP contribution in [0.1, 0.15) is 26.5 Å². The minimum Gasteiger partial charge on any atom is -0.345 e. The van der Waals surface area contributed by atoms with Gasteiger partial charge in [0.25, 0.3) is 0 Å². The van der Waals surface area contributed by atoms with E-state index in [-0.39, 0.29) is 5.91 Å². The first-order chi connectivity index (χ1) is 9.59. The number of rotatable bonds is 1. The summed E-state index contributed by atoms with van der Waals surface area (Å²) >= 11 is 0.989. The monoisotopic (exact) mass is 321 g/mol. The summed E-state index contributed by atoms with van der Waals surface area (Å²) < 4.78 is 37.6. The van der Waals surface area contributed by atoms with E-state index in [0.29, 0.717) is 31.3 Å². The molecule has 0 bridgehead atoms. The van der Waals surface area contributed by atoms with Crippen LogP contribution in [0.25, 0.3) is 0 Å². The summed E-state index contributed by atoms with van der Waals surface area (Å²) in [7, 11) is 0. The Kier molecular flexibility index (Phi) is 4.19. The summed E-state index contributed by atoms with van der Waals surface area (Å²) in [5.41, 5.74) is -1.29. The lowest BCUT2D eigenvalue weighted by molar-refractivity contribution is -0.140. The Bertz CT molecular complexity index is 513. The molecule has 0 saturated carbocycles. The first-order valence-corrected chi connectivity index (χ1v) is 7.54. The molecule has 118 valence electrons. The van der Waals surface area contributed by atoms with E-state index in [4.69, 9.17) is 0 Å². The Morgan fingerprint density at radius 1 is 1.19 bits per heavy atom. The Balaban J connectivity index is 1.98. The van der Waals surface area contributed by atoms with Crippen molar-refractivity contribution in [1.82, 2.24) is 9.88 Å². The van der Waals surface area contributed by atoms with Crippen molar-refractivity contribution in [2.45, 2.75) is 26.9 Å². The predicted octanol–water partition coefficient (Wildman–Crippen LogP) is 2.86. The van der Waals surface area contributed by atoms with E-state index in [1.165, 1.54) is 0 Å². The molecule has 0 N–H and O–H groups in total. The molecular weight excluding hydrogens is 303 g/mol. The number of hydrogen-bond acceptors (Lipinski definition) is 4. The van der Waals surface area contributed by atoms with E-state index in [1.807, 2.05) is 20.8 Å². The lowest BCUT2D eigenvalue weighted by atomic mass is 9.94. The van der Waals surface area contributed by atoms with Gasteiger partial charge in [-0.3, -0.25) is 4.79 Å². The Hall–Kier alpha value is -1.31. The van der Waals surface area contributed by atoms with Crippen LogP contribution >= 0.6 is 11.3 Å². The lowest BCUT2D eigenvalue weighted by Crippen LogP contribution is -2.51. The molecule has 1 aromatic rings. The molecule has 2 rings (SSSR count). The molecule has 1 aliphatic heterocycles. The van der Waals surface area contributed by atoms with E-state index in [0.717, 1.165) is 16.7 Å². The van der Waals surface area contributed by atoms with Gasteiger partial charge >= 0.3 is 6.18 Å². The molecule has 4 nitrogen and oxygen atoms in total. The minimum atomic E-state index is -4.40. The van der Waals surface area contributed by atoms with Gasteiger partial charge in [-0.1, -0.05) is 20.8 Å². The van der Waals surface area contributed by atoms with Gasteiger partial charge in [-0.25, -0.2) is 4.98 Å². The molecule has 0 aromatic carbocycles. The molecule has 0 atom stereocenters. The SMILES string of the molecule is CC(C)(C)C(=O)N1CCN(c2nc(C(F)(F)F)cs2)CC1. The first-order valence-electron chi connectivity index (χ1n) is 6.66. The molecule has 1 saturated heterocycles. The van der Waals surface area contributed by atoms with Crippen molar-refractivity contribution in [3.05, 3.63) is 11.1 Å². The van der Waals surface area contributed by atoms with Crippen LogP contribution < -0.4 is 4.90 Å². The van der Waals surface area contributed by atoms with Crippen LogP contribution in [0.2, 0.25) is 0 Å². The molecule has 1 fully saturated rings. The zero-order chi connectivity index (χ0) is 15.8. The number of aromatic nitrogens is 1. The zero-order valence-electron chi connectivity index (χ0n) is 12.2. The standard InChI is InChI=1S/C13H18F3N3OS/c1-12(2,3)10(20)18-4-6-19(7-5-18)11-17-9(8-21-11)13(14,15)16/h8H,4-7H2,1-3H3. The number of halogens is 3.